The van der Waals surface area contributed by atoms with Crippen molar-refractivity contribution in [2.75, 3.05) is 43.4 Å². The van der Waals surface area contributed by atoms with E-state index in [0.29, 0.717) is 17.1 Å². The Bertz CT molecular complexity index is 913. The van der Waals surface area contributed by atoms with Gasteiger partial charge in [-0.25, -0.2) is 0 Å². The summed E-state index contributed by atoms with van der Waals surface area (Å²) in [5.41, 5.74) is 0.683. The summed E-state index contributed by atoms with van der Waals surface area (Å²) in [6.45, 7) is 4.06. The molecule has 2 heterocycles. The van der Waals surface area contributed by atoms with Gasteiger partial charge in [-0.2, -0.15) is 13.2 Å². The van der Waals surface area contributed by atoms with Crippen molar-refractivity contribution in [1.29, 1.82) is 0 Å². The zero-order chi connectivity index (χ0) is 20.4. The quantitative estimate of drug-likeness (QED) is 0.590. The number of carbonyl (C=O) groups is 1. The summed E-state index contributed by atoms with van der Waals surface area (Å²) < 4.78 is 40.2. The van der Waals surface area contributed by atoms with Gasteiger partial charge in [-0.05, 0) is 24.3 Å². The Hall–Kier alpha value is -2.23. The molecule has 0 atom stereocenters. The van der Waals surface area contributed by atoms with E-state index in [1.807, 2.05) is 24.3 Å². The first-order chi connectivity index (χ1) is 13.9. The van der Waals surface area contributed by atoms with Crippen LogP contribution in [0, 0.1) is 0 Å². The second kappa shape index (κ2) is 8.25. The number of hydrogen-bond acceptors (Lipinski definition) is 5. The molecule has 0 radical (unpaired) electrons. The van der Waals surface area contributed by atoms with E-state index < -0.39 is 11.7 Å². The van der Waals surface area contributed by atoms with Crippen LogP contribution in [0.4, 0.5) is 30.2 Å². The highest BCUT2D eigenvalue weighted by Crippen LogP contribution is 2.49. The smallest absolute Gasteiger partial charge is 0.352 e. The zero-order valence-electron chi connectivity index (χ0n) is 15.6. The van der Waals surface area contributed by atoms with Crippen molar-refractivity contribution in [1.82, 2.24) is 10.2 Å². The minimum absolute atomic E-state index is 0.155. The first-order valence-electron chi connectivity index (χ1n) is 9.42. The first kappa shape index (κ1) is 20.1. The van der Waals surface area contributed by atoms with Crippen LogP contribution in [0.3, 0.4) is 0 Å². The minimum Gasteiger partial charge on any atom is -0.352 e. The molecular weight excluding hydrogens is 401 g/mol. The maximum atomic E-state index is 13.4. The largest absolute Gasteiger partial charge is 0.416 e. The van der Waals surface area contributed by atoms with E-state index in [4.69, 9.17) is 0 Å². The normalized spacial score (nSPS) is 16.5. The van der Waals surface area contributed by atoms with Gasteiger partial charge in [-0.1, -0.05) is 23.9 Å². The summed E-state index contributed by atoms with van der Waals surface area (Å²) in [5.74, 6) is -0.296. The topological polar surface area (TPSA) is 56.4 Å². The number of rotatable bonds is 4. The summed E-state index contributed by atoms with van der Waals surface area (Å²) in [4.78, 5) is 15.9. The molecule has 2 aromatic carbocycles. The number of para-hydroxylation sites is 1. The van der Waals surface area contributed by atoms with Crippen molar-refractivity contribution in [3.05, 3.63) is 42.0 Å². The van der Waals surface area contributed by atoms with Gasteiger partial charge in [0.15, 0.2) is 0 Å². The molecule has 0 bridgehead atoms. The van der Waals surface area contributed by atoms with Crippen LogP contribution in [0.25, 0.3) is 0 Å². The number of anilines is 3. The highest BCUT2D eigenvalue weighted by molar-refractivity contribution is 7.99. The van der Waals surface area contributed by atoms with Crippen molar-refractivity contribution >= 4 is 34.7 Å². The Morgan fingerprint density at radius 1 is 1.14 bits per heavy atom. The van der Waals surface area contributed by atoms with E-state index in [-0.39, 0.29) is 18.0 Å². The number of nitrogens with zero attached hydrogens (tertiary/aromatic N) is 1. The highest BCUT2D eigenvalue weighted by atomic mass is 32.2. The Balaban J connectivity index is 1.56. The van der Waals surface area contributed by atoms with Crippen LogP contribution in [-0.4, -0.2) is 43.5 Å². The number of piperazine rings is 1. The van der Waals surface area contributed by atoms with Crippen molar-refractivity contribution < 1.29 is 18.0 Å². The summed E-state index contributed by atoms with van der Waals surface area (Å²) in [5, 5.41) is 9.12. The van der Waals surface area contributed by atoms with Gasteiger partial charge in [0.2, 0.25) is 5.91 Å². The second-order valence-corrected chi connectivity index (χ2v) is 8.09. The van der Waals surface area contributed by atoms with Gasteiger partial charge in [0.1, 0.15) is 0 Å². The predicted molar refractivity (Wildman–Crippen MR) is 108 cm³/mol. The molecule has 0 aromatic heterocycles. The fraction of sp³-hybridized carbons (Fsp3) is 0.350. The van der Waals surface area contributed by atoms with E-state index in [9.17, 15) is 18.0 Å². The van der Waals surface area contributed by atoms with E-state index in [0.717, 1.165) is 48.9 Å². The lowest BCUT2D eigenvalue weighted by Crippen LogP contribution is -2.44. The van der Waals surface area contributed by atoms with Gasteiger partial charge in [-0.3, -0.25) is 4.79 Å². The van der Waals surface area contributed by atoms with E-state index in [1.165, 1.54) is 11.8 Å². The Morgan fingerprint density at radius 3 is 2.66 bits per heavy atom. The monoisotopic (exact) mass is 422 g/mol. The van der Waals surface area contributed by atoms with E-state index >= 15 is 0 Å². The Morgan fingerprint density at radius 2 is 1.90 bits per heavy atom. The summed E-state index contributed by atoms with van der Waals surface area (Å²) in [7, 11) is 0. The first-order valence-corrected chi connectivity index (χ1v) is 10.2. The van der Waals surface area contributed by atoms with Crippen LogP contribution in [0.5, 0.6) is 0 Å². The van der Waals surface area contributed by atoms with E-state index in [1.54, 1.807) is 0 Å². The van der Waals surface area contributed by atoms with Gasteiger partial charge in [0.05, 0.1) is 22.6 Å². The molecular formula is C20H21F3N4OS. The average Bonchev–Trinajstić information content (AvgIpc) is 2.71. The van der Waals surface area contributed by atoms with Crippen molar-refractivity contribution in [2.45, 2.75) is 22.4 Å². The predicted octanol–water partition coefficient (Wildman–Crippen LogP) is 4.15. The van der Waals surface area contributed by atoms with Gasteiger partial charge in [0, 0.05) is 48.9 Å². The third kappa shape index (κ3) is 4.68. The van der Waals surface area contributed by atoms with Crippen molar-refractivity contribution in [3.63, 3.8) is 0 Å². The van der Waals surface area contributed by atoms with Crippen molar-refractivity contribution in [3.8, 4) is 0 Å². The van der Waals surface area contributed by atoms with Crippen LogP contribution < -0.4 is 16.0 Å². The number of benzene rings is 2. The third-order valence-electron chi connectivity index (χ3n) is 4.93. The molecule has 154 valence electrons. The lowest BCUT2D eigenvalue weighted by molar-refractivity contribution is -0.137. The molecule has 1 fully saturated rings. The molecule has 2 aromatic rings. The van der Waals surface area contributed by atoms with Gasteiger partial charge >= 0.3 is 6.18 Å². The number of carbonyl (C=O) groups excluding carboxylic acids is 1. The minimum atomic E-state index is -4.49. The molecule has 0 aliphatic carbocycles. The maximum Gasteiger partial charge on any atom is 0.416 e. The summed E-state index contributed by atoms with van der Waals surface area (Å²) >= 11 is 1.26. The van der Waals surface area contributed by atoms with Crippen LogP contribution in [-0.2, 0) is 11.0 Å². The van der Waals surface area contributed by atoms with Crippen LogP contribution in [0.1, 0.15) is 12.0 Å². The Labute approximate surface area is 171 Å². The van der Waals surface area contributed by atoms with Gasteiger partial charge in [-0.15, -0.1) is 0 Å². The van der Waals surface area contributed by atoms with Crippen LogP contribution >= 0.6 is 11.8 Å². The molecule has 29 heavy (non-hydrogen) atoms. The van der Waals surface area contributed by atoms with Crippen LogP contribution in [0.15, 0.2) is 46.2 Å². The SMILES string of the molecule is O=C(CCN1CCNCC1)Nc1cc(C(F)(F)F)cc2c1Nc1ccccc1S2. The van der Waals surface area contributed by atoms with Gasteiger partial charge < -0.3 is 20.9 Å². The number of alkyl halides is 3. The lowest BCUT2D eigenvalue weighted by atomic mass is 10.1. The highest BCUT2D eigenvalue weighted by Gasteiger charge is 2.33. The summed E-state index contributed by atoms with van der Waals surface area (Å²) in [6, 6.07) is 9.53. The molecule has 0 spiro atoms. The molecule has 9 heteroatoms. The molecule has 0 unspecified atom stereocenters. The third-order valence-corrected chi connectivity index (χ3v) is 6.05. The molecule has 2 aliphatic rings. The fourth-order valence-corrected chi connectivity index (χ4v) is 4.47. The van der Waals surface area contributed by atoms with Crippen LogP contribution in [0.2, 0.25) is 0 Å². The molecule has 1 amide bonds. The van der Waals surface area contributed by atoms with E-state index in [2.05, 4.69) is 20.9 Å². The number of fused-ring (bicyclic) bond motifs is 2. The fourth-order valence-electron chi connectivity index (χ4n) is 3.41. The molecule has 2 aliphatic heterocycles. The molecule has 1 saturated heterocycles. The molecule has 5 nitrogen and oxygen atoms in total. The number of halogens is 3. The summed E-state index contributed by atoms with van der Waals surface area (Å²) in [6.07, 6.45) is -4.26. The average molecular weight is 422 g/mol. The maximum absolute atomic E-state index is 13.4. The standard InChI is InChI=1S/C20H21F3N4OS/c21-20(22,23)13-11-15(25-18(28)5-8-27-9-6-24-7-10-27)19-17(12-13)29-16-4-2-1-3-14(16)26-19/h1-4,11-12,24,26H,5-10H2,(H,25,28). The van der Waals surface area contributed by atoms with Crippen molar-refractivity contribution in [2.24, 2.45) is 0 Å². The molecule has 3 N–H and O–H groups in total. The number of amides is 1. The second-order valence-electron chi connectivity index (χ2n) is 7.01. The molecule has 0 saturated carbocycles. The lowest BCUT2D eigenvalue weighted by Gasteiger charge is -2.27. The molecule has 4 rings (SSSR count). The van der Waals surface area contributed by atoms with Gasteiger partial charge in [0.25, 0.3) is 0 Å². The Kier molecular flexibility index (Phi) is 5.71. The zero-order valence-corrected chi connectivity index (χ0v) is 16.4. The number of hydrogen-bond donors (Lipinski definition) is 3. The number of nitrogens with one attached hydrogen (secondary N) is 3.